The number of hydrogen-bond donors (Lipinski definition) is 1. The number of pyridine rings is 1. The Hall–Kier alpha value is -0.970. The van der Waals surface area contributed by atoms with Gasteiger partial charge < -0.3 is 15.5 Å². The molecule has 2 N–H and O–H groups in total. The fourth-order valence-corrected chi connectivity index (χ4v) is 2.47. The van der Waals surface area contributed by atoms with Crippen LogP contribution in [-0.2, 0) is 6.42 Å². The predicted molar refractivity (Wildman–Crippen MR) is 74.4 cm³/mol. The van der Waals surface area contributed by atoms with Crippen LogP contribution in [0.25, 0.3) is 0 Å². The zero-order valence-electron chi connectivity index (χ0n) is 11.3. The van der Waals surface area contributed by atoms with Gasteiger partial charge in [-0.05, 0) is 37.6 Å². The van der Waals surface area contributed by atoms with Gasteiger partial charge in [0.15, 0.2) is 0 Å². The fraction of sp³-hybridized carbons (Fsp3) is 0.643. The summed E-state index contributed by atoms with van der Waals surface area (Å²) in [6.07, 6.45) is 4.81. The number of aromatic nitrogens is 1. The second kappa shape index (κ2) is 6.83. The van der Waals surface area contributed by atoms with Crippen LogP contribution < -0.4 is 5.73 Å². The van der Waals surface area contributed by atoms with Gasteiger partial charge in [0.1, 0.15) is 0 Å². The van der Waals surface area contributed by atoms with Gasteiger partial charge in [-0.3, -0.25) is 4.98 Å². The molecule has 1 aliphatic heterocycles. The third-order valence-electron chi connectivity index (χ3n) is 3.69. The van der Waals surface area contributed by atoms with Gasteiger partial charge >= 0.3 is 0 Å². The Morgan fingerprint density at radius 1 is 1.33 bits per heavy atom. The summed E-state index contributed by atoms with van der Waals surface area (Å²) in [5.41, 5.74) is 7.20. The molecule has 0 amide bonds. The van der Waals surface area contributed by atoms with Gasteiger partial charge in [-0.1, -0.05) is 6.07 Å². The van der Waals surface area contributed by atoms with E-state index in [1.807, 2.05) is 18.5 Å². The minimum Gasteiger partial charge on any atom is -0.330 e. The van der Waals surface area contributed by atoms with E-state index in [0.29, 0.717) is 5.92 Å². The molecule has 18 heavy (non-hydrogen) atoms. The SMILES string of the molecule is CN1CCN(CC(CN)Cc2cccnc2)CC1. The summed E-state index contributed by atoms with van der Waals surface area (Å²) in [5.74, 6) is 0.539. The second-order valence-corrected chi connectivity index (χ2v) is 5.27. The van der Waals surface area contributed by atoms with Crippen LogP contribution in [0.4, 0.5) is 0 Å². The summed E-state index contributed by atoms with van der Waals surface area (Å²) in [4.78, 5) is 9.09. The monoisotopic (exact) mass is 248 g/mol. The minimum absolute atomic E-state index is 0.539. The summed E-state index contributed by atoms with van der Waals surface area (Å²) in [5, 5.41) is 0. The summed E-state index contributed by atoms with van der Waals surface area (Å²) < 4.78 is 0. The Labute approximate surface area is 110 Å². The van der Waals surface area contributed by atoms with Crippen LogP contribution in [0.15, 0.2) is 24.5 Å². The zero-order chi connectivity index (χ0) is 12.8. The van der Waals surface area contributed by atoms with Crippen LogP contribution in [0.2, 0.25) is 0 Å². The average molecular weight is 248 g/mol. The van der Waals surface area contributed by atoms with Crippen LogP contribution in [0, 0.1) is 5.92 Å². The molecule has 2 rings (SSSR count). The van der Waals surface area contributed by atoms with Crippen molar-refractivity contribution < 1.29 is 0 Å². The first-order valence-corrected chi connectivity index (χ1v) is 6.78. The molecule has 0 bridgehead atoms. The molecule has 1 saturated heterocycles. The van der Waals surface area contributed by atoms with Crippen molar-refractivity contribution in [2.24, 2.45) is 11.7 Å². The quantitative estimate of drug-likeness (QED) is 0.821. The molecule has 100 valence electrons. The molecule has 1 fully saturated rings. The van der Waals surface area contributed by atoms with E-state index in [1.165, 1.54) is 31.7 Å². The molecule has 0 aromatic carbocycles. The average Bonchev–Trinajstić information content (AvgIpc) is 2.41. The second-order valence-electron chi connectivity index (χ2n) is 5.27. The lowest BCUT2D eigenvalue weighted by Crippen LogP contribution is -2.47. The van der Waals surface area contributed by atoms with E-state index in [0.717, 1.165) is 19.5 Å². The van der Waals surface area contributed by atoms with Crippen molar-refractivity contribution in [3.05, 3.63) is 30.1 Å². The van der Waals surface area contributed by atoms with Crippen LogP contribution in [0.1, 0.15) is 5.56 Å². The molecule has 4 heteroatoms. The number of nitrogens with two attached hydrogens (primary N) is 1. The molecule has 0 radical (unpaired) electrons. The van der Waals surface area contributed by atoms with E-state index in [4.69, 9.17) is 5.73 Å². The predicted octanol–water partition coefficient (Wildman–Crippen LogP) is 0.446. The van der Waals surface area contributed by atoms with Crippen molar-refractivity contribution in [3.8, 4) is 0 Å². The smallest absolute Gasteiger partial charge is 0.0299 e. The van der Waals surface area contributed by atoms with Crippen LogP contribution in [0.3, 0.4) is 0 Å². The molecule has 4 nitrogen and oxygen atoms in total. The Balaban J connectivity index is 1.82. The summed E-state index contributed by atoms with van der Waals surface area (Å²) in [6.45, 7) is 6.54. The highest BCUT2D eigenvalue weighted by Crippen LogP contribution is 2.10. The first-order chi connectivity index (χ1) is 8.78. The molecule has 1 aliphatic rings. The van der Waals surface area contributed by atoms with Crippen LogP contribution in [0.5, 0.6) is 0 Å². The van der Waals surface area contributed by atoms with E-state index in [9.17, 15) is 0 Å². The van der Waals surface area contributed by atoms with E-state index in [1.54, 1.807) is 0 Å². The van der Waals surface area contributed by atoms with Crippen LogP contribution in [-0.4, -0.2) is 61.1 Å². The van der Waals surface area contributed by atoms with Gasteiger partial charge in [-0.25, -0.2) is 0 Å². The lowest BCUT2D eigenvalue weighted by atomic mass is 10.00. The van der Waals surface area contributed by atoms with Crippen LogP contribution >= 0.6 is 0 Å². The van der Waals surface area contributed by atoms with Gasteiger partial charge in [-0.15, -0.1) is 0 Å². The molecule has 2 heterocycles. The Kier molecular flexibility index (Phi) is 5.11. The molecular weight excluding hydrogens is 224 g/mol. The summed E-state index contributed by atoms with van der Waals surface area (Å²) in [6, 6.07) is 4.14. The maximum Gasteiger partial charge on any atom is 0.0299 e. The maximum atomic E-state index is 5.91. The number of piperazine rings is 1. The lowest BCUT2D eigenvalue weighted by Gasteiger charge is -2.34. The number of likely N-dealkylation sites (N-methyl/N-ethyl adjacent to an activating group) is 1. The topological polar surface area (TPSA) is 45.4 Å². The molecule has 0 saturated carbocycles. The van der Waals surface area contributed by atoms with Crippen molar-refractivity contribution in [1.29, 1.82) is 0 Å². The van der Waals surface area contributed by atoms with Crippen molar-refractivity contribution in [2.75, 3.05) is 46.3 Å². The Bertz CT molecular complexity index is 333. The lowest BCUT2D eigenvalue weighted by molar-refractivity contribution is 0.137. The third kappa shape index (κ3) is 4.05. The van der Waals surface area contributed by atoms with E-state index < -0.39 is 0 Å². The van der Waals surface area contributed by atoms with Gasteiger partial charge in [0, 0.05) is 45.1 Å². The van der Waals surface area contributed by atoms with E-state index >= 15 is 0 Å². The molecule has 1 aromatic rings. The molecule has 1 atom stereocenters. The van der Waals surface area contributed by atoms with E-state index in [2.05, 4.69) is 27.9 Å². The van der Waals surface area contributed by atoms with Crippen molar-refractivity contribution in [1.82, 2.24) is 14.8 Å². The van der Waals surface area contributed by atoms with Gasteiger partial charge in [0.2, 0.25) is 0 Å². The van der Waals surface area contributed by atoms with Gasteiger partial charge in [0.25, 0.3) is 0 Å². The van der Waals surface area contributed by atoms with Crippen molar-refractivity contribution >= 4 is 0 Å². The minimum atomic E-state index is 0.539. The maximum absolute atomic E-state index is 5.91. The molecule has 0 aliphatic carbocycles. The summed E-state index contributed by atoms with van der Waals surface area (Å²) >= 11 is 0. The fourth-order valence-electron chi connectivity index (χ4n) is 2.47. The van der Waals surface area contributed by atoms with E-state index in [-0.39, 0.29) is 0 Å². The first kappa shape index (κ1) is 13.5. The number of hydrogen-bond acceptors (Lipinski definition) is 4. The Morgan fingerprint density at radius 2 is 2.11 bits per heavy atom. The first-order valence-electron chi connectivity index (χ1n) is 6.78. The normalized spacial score (nSPS) is 19.9. The largest absolute Gasteiger partial charge is 0.330 e. The summed E-state index contributed by atoms with van der Waals surface area (Å²) in [7, 11) is 2.19. The van der Waals surface area contributed by atoms with Gasteiger partial charge in [-0.2, -0.15) is 0 Å². The van der Waals surface area contributed by atoms with Crippen molar-refractivity contribution in [2.45, 2.75) is 6.42 Å². The third-order valence-corrected chi connectivity index (χ3v) is 3.69. The van der Waals surface area contributed by atoms with Crippen molar-refractivity contribution in [3.63, 3.8) is 0 Å². The molecule has 0 spiro atoms. The van der Waals surface area contributed by atoms with Gasteiger partial charge in [0.05, 0.1) is 0 Å². The highest BCUT2D eigenvalue weighted by molar-refractivity contribution is 5.09. The number of rotatable bonds is 5. The zero-order valence-corrected chi connectivity index (χ0v) is 11.3. The number of nitrogens with zero attached hydrogens (tertiary/aromatic N) is 3. The molecular formula is C14H24N4. The highest BCUT2D eigenvalue weighted by atomic mass is 15.2. The molecule has 1 unspecified atom stereocenters. The Morgan fingerprint density at radius 3 is 2.72 bits per heavy atom. The highest BCUT2D eigenvalue weighted by Gasteiger charge is 2.17. The standard InChI is InChI=1S/C14H24N4/c1-17-5-7-18(8-6-17)12-14(10-15)9-13-3-2-4-16-11-13/h2-4,11,14H,5-10,12,15H2,1H3. The molecule has 1 aromatic heterocycles.